The molecule has 0 atom stereocenters. The van der Waals surface area contributed by atoms with Gasteiger partial charge in [-0.1, -0.05) is 46.3 Å². The van der Waals surface area contributed by atoms with Gasteiger partial charge in [0.15, 0.2) is 5.58 Å². The summed E-state index contributed by atoms with van der Waals surface area (Å²) in [6.07, 6.45) is 0.335. The van der Waals surface area contributed by atoms with Crippen molar-refractivity contribution >= 4 is 38.6 Å². The summed E-state index contributed by atoms with van der Waals surface area (Å²) in [5, 5.41) is 2.91. The maximum absolute atomic E-state index is 12.2. The number of amides is 1. The van der Waals surface area contributed by atoms with E-state index in [-0.39, 0.29) is 5.91 Å². The number of nitrogens with one attached hydrogen (secondary N) is 1. The zero-order valence-electron chi connectivity index (χ0n) is 13.8. The van der Waals surface area contributed by atoms with Crippen LogP contribution in [0.15, 0.2) is 81.7 Å². The van der Waals surface area contributed by atoms with Gasteiger partial charge in [-0.25, -0.2) is 4.98 Å². The minimum Gasteiger partial charge on any atom is -0.436 e. The molecule has 4 aromatic rings. The predicted molar refractivity (Wildman–Crippen MR) is 106 cm³/mol. The Morgan fingerprint density at radius 1 is 1.00 bits per heavy atom. The van der Waals surface area contributed by atoms with Crippen LogP contribution >= 0.6 is 15.9 Å². The van der Waals surface area contributed by atoms with Gasteiger partial charge >= 0.3 is 0 Å². The second-order valence-electron chi connectivity index (χ2n) is 5.92. The molecule has 3 aromatic carbocycles. The number of halogens is 1. The number of rotatable bonds is 4. The summed E-state index contributed by atoms with van der Waals surface area (Å²) in [6.45, 7) is 0. The van der Waals surface area contributed by atoms with Crippen molar-refractivity contribution in [2.45, 2.75) is 6.42 Å². The van der Waals surface area contributed by atoms with Gasteiger partial charge in [0.25, 0.3) is 0 Å². The molecule has 26 heavy (non-hydrogen) atoms. The van der Waals surface area contributed by atoms with E-state index >= 15 is 0 Å². The number of aromatic nitrogens is 1. The third-order valence-electron chi connectivity index (χ3n) is 3.97. The molecule has 0 spiro atoms. The predicted octanol–water partition coefficient (Wildman–Crippen LogP) is 5.44. The molecule has 0 radical (unpaired) electrons. The topological polar surface area (TPSA) is 55.1 Å². The Bertz CT molecular complexity index is 1060. The molecule has 0 saturated heterocycles. The van der Waals surface area contributed by atoms with Gasteiger partial charge in [-0.15, -0.1) is 0 Å². The van der Waals surface area contributed by atoms with Crippen LogP contribution in [0.2, 0.25) is 0 Å². The number of carbonyl (C=O) groups is 1. The van der Waals surface area contributed by atoms with Crippen LogP contribution < -0.4 is 5.32 Å². The molecule has 0 aliphatic heterocycles. The Balaban J connectivity index is 1.54. The fraction of sp³-hybridized carbons (Fsp3) is 0.0476. The van der Waals surface area contributed by atoms with Gasteiger partial charge in [0.1, 0.15) is 5.52 Å². The SMILES string of the molecule is O=C(Cc1ccccc1)Nc1ccc2oc(-c3ccc(Br)cc3)nc2c1. The van der Waals surface area contributed by atoms with Gasteiger partial charge in [0, 0.05) is 15.7 Å². The minimum absolute atomic E-state index is 0.0628. The average molecular weight is 407 g/mol. The molecule has 4 nitrogen and oxygen atoms in total. The van der Waals surface area contributed by atoms with Crippen LogP contribution in [0.1, 0.15) is 5.56 Å². The molecule has 4 rings (SSSR count). The Kier molecular flexibility index (Phi) is 4.54. The normalized spacial score (nSPS) is 10.8. The Morgan fingerprint density at radius 3 is 2.54 bits per heavy atom. The fourth-order valence-electron chi connectivity index (χ4n) is 2.71. The highest BCUT2D eigenvalue weighted by Crippen LogP contribution is 2.27. The van der Waals surface area contributed by atoms with Gasteiger partial charge in [-0.2, -0.15) is 0 Å². The van der Waals surface area contributed by atoms with Crippen molar-refractivity contribution in [3.63, 3.8) is 0 Å². The number of nitrogens with zero attached hydrogens (tertiary/aromatic N) is 1. The summed E-state index contributed by atoms with van der Waals surface area (Å²) in [4.78, 5) is 16.7. The molecule has 0 aliphatic carbocycles. The lowest BCUT2D eigenvalue weighted by atomic mass is 10.1. The number of carbonyl (C=O) groups excluding carboxylic acids is 1. The lowest BCUT2D eigenvalue weighted by Crippen LogP contribution is -2.14. The number of oxazole rings is 1. The van der Waals surface area contributed by atoms with Crippen molar-refractivity contribution in [2.75, 3.05) is 5.32 Å². The monoisotopic (exact) mass is 406 g/mol. The molecule has 1 aromatic heterocycles. The Labute approximate surface area is 159 Å². The highest BCUT2D eigenvalue weighted by molar-refractivity contribution is 9.10. The van der Waals surface area contributed by atoms with E-state index in [9.17, 15) is 4.79 Å². The van der Waals surface area contributed by atoms with Gasteiger partial charge in [0.05, 0.1) is 6.42 Å². The number of hydrogen-bond acceptors (Lipinski definition) is 3. The van der Waals surface area contributed by atoms with Crippen LogP contribution in [-0.2, 0) is 11.2 Å². The minimum atomic E-state index is -0.0628. The van der Waals surface area contributed by atoms with E-state index in [0.717, 1.165) is 15.6 Å². The molecule has 1 amide bonds. The van der Waals surface area contributed by atoms with Crippen LogP contribution in [0.4, 0.5) is 5.69 Å². The second-order valence-corrected chi connectivity index (χ2v) is 6.83. The van der Waals surface area contributed by atoms with Crippen LogP contribution in [0.25, 0.3) is 22.6 Å². The first-order valence-corrected chi connectivity index (χ1v) is 8.97. The van der Waals surface area contributed by atoms with E-state index < -0.39 is 0 Å². The summed E-state index contributed by atoms with van der Waals surface area (Å²) in [6, 6.07) is 22.9. The summed E-state index contributed by atoms with van der Waals surface area (Å²) < 4.78 is 6.81. The molecular formula is C21H15BrN2O2. The first-order chi connectivity index (χ1) is 12.7. The largest absolute Gasteiger partial charge is 0.436 e. The third-order valence-corrected chi connectivity index (χ3v) is 4.50. The van der Waals surface area contributed by atoms with E-state index in [2.05, 4.69) is 26.2 Å². The van der Waals surface area contributed by atoms with Crippen LogP contribution in [0, 0.1) is 0 Å². The van der Waals surface area contributed by atoms with Crippen molar-refractivity contribution in [3.8, 4) is 11.5 Å². The van der Waals surface area contributed by atoms with Gasteiger partial charge in [-0.3, -0.25) is 4.79 Å². The Morgan fingerprint density at radius 2 is 1.77 bits per heavy atom. The van der Waals surface area contributed by atoms with Crippen LogP contribution in [0.5, 0.6) is 0 Å². The molecule has 1 heterocycles. The third kappa shape index (κ3) is 3.68. The number of anilines is 1. The number of benzene rings is 3. The van der Waals surface area contributed by atoms with E-state index in [1.165, 1.54) is 0 Å². The van der Waals surface area contributed by atoms with Crippen molar-refractivity contribution in [2.24, 2.45) is 0 Å². The Hall–Kier alpha value is -2.92. The molecule has 1 N–H and O–H groups in total. The van der Waals surface area contributed by atoms with E-state index in [4.69, 9.17) is 4.42 Å². The number of hydrogen-bond donors (Lipinski definition) is 1. The number of fused-ring (bicyclic) bond motifs is 1. The summed E-state index contributed by atoms with van der Waals surface area (Å²) in [5.74, 6) is 0.493. The highest BCUT2D eigenvalue weighted by atomic mass is 79.9. The van der Waals surface area contributed by atoms with Crippen LogP contribution in [0.3, 0.4) is 0 Å². The fourth-order valence-corrected chi connectivity index (χ4v) is 2.97. The molecular weight excluding hydrogens is 392 g/mol. The summed E-state index contributed by atoms with van der Waals surface area (Å²) >= 11 is 3.42. The van der Waals surface area contributed by atoms with Crippen molar-refractivity contribution in [3.05, 3.63) is 82.8 Å². The second kappa shape index (κ2) is 7.14. The lowest BCUT2D eigenvalue weighted by Gasteiger charge is -2.04. The zero-order valence-corrected chi connectivity index (χ0v) is 15.4. The smallest absolute Gasteiger partial charge is 0.228 e. The summed E-state index contributed by atoms with van der Waals surface area (Å²) in [5.41, 5.74) is 3.97. The molecule has 5 heteroatoms. The van der Waals surface area contributed by atoms with Gasteiger partial charge in [0.2, 0.25) is 11.8 Å². The molecule has 0 saturated carbocycles. The summed E-state index contributed by atoms with van der Waals surface area (Å²) in [7, 11) is 0. The standard InChI is InChI=1S/C21H15BrN2O2/c22-16-8-6-15(7-9-16)21-24-18-13-17(10-11-19(18)26-21)23-20(25)12-14-4-2-1-3-5-14/h1-11,13H,12H2,(H,23,25). The maximum Gasteiger partial charge on any atom is 0.228 e. The maximum atomic E-state index is 12.2. The highest BCUT2D eigenvalue weighted by Gasteiger charge is 2.10. The van der Waals surface area contributed by atoms with Crippen molar-refractivity contribution < 1.29 is 9.21 Å². The molecule has 0 aliphatic rings. The van der Waals surface area contributed by atoms with Gasteiger partial charge in [-0.05, 0) is 48.0 Å². The van der Waals surface area contributed by atoms with Gasteiger partial charge < -0.3 is 9.73 Å². The van der Waals surface area contributed by atoms with Crippen LogP contribution in [-0.4, -0.2) is 10.9 Å². The lowest BCUT2D eigenvalue weighted by molar-refractivity contribution is -0.115. The molecule has 128 valence electrons. The van der Waals surface area contributed by atoms with E-state index in [0.29, 0.717) is 29.1 Å². The first kappa shape index (κ1) is 16.5. The molecule has 0 fully saturated rings. The van der Waals surface area contributed by atoms with Crippen molar-refractivity contribution in [1.82, 2.24) is 4.98 Å². The molecule has 0 unspecified atom stereocenters. The quantitative estimate of drug-likeness (QED) is 0.490. The first-order valence-electron chi connectivity index (χ1n) is 8.18. The molecule has 0 bridgehead atoms. The zero-order chi connectivity index (χ0) is 17.9. The van der Waals surface area contributed by atoms with E-state index in [1.807, 2.05) is 72.8 Å². The van der Waals surface area contributed by atoms with Crippen molar-refractivity contribution in [1.29, 1.82) is 0 Å². The average Bonchev–Trinajstić information content (AvgIpc) is 3.06. The van der Waals surface area contributed by atoms with E-state index in [1.54, 1.807) is 0 Å².